The van der Waals surface area contributed by atoms with E-state index in [1.165, 1.54) is 94.0 Å². The number of hydrogen-bond acceptors (Lipinski definition) is 32. The predicted octanol–water partition coefficient (Wildman–Crippen LogP) is 5.55. The number of nitro groups is 2. The number of carbonyl (C=O) groups excluding carboxylic acids is 1. The van der Waals surface area contributed by atoms with Gasteiger partial charge < -0.3 is 60.2 Å². The number of anilines is 6. The standard InChI is InChI=1S/C24H30N8O4S.C21H23N7O5S.C21H25N7O3S.C17H19N5O3.Ir/c1-3-25-24(33)27-18-6-4-17(5-7-18)22-28-21-16-32(37(34,35)19-14-26-30(2)15-19)9-8-20(21)23(29-22)31-10-12-36-13-11-31;1-25-13-17(12-22-25)34(31,32)27-7-6-18-19(14-27)23-20(15-2-4-16(5-3-15)28(29)30)24-21(18)26-8-10-33-11-9-26;1-26-13-17(12-23-26)32(29,30)28-7-6-18-19(14-28)24-20(15-2-4-16(22)5-3-15)25-21(18)27-8-10-31-11-9-27;23-22(24)13-3-1-12(2-4-13)16-19-15-11-18-6-5-14(15)17(20-16)21-7-9-25-10-8-21;/h4-7,14-15H,3,8-13,16H2,1-2H3,(H2,25,27,33);2-5,12-13H,6-11,14H2,1H3;2-5,12-13H,6-11,14,22H2,1H3;1-4,18H,5-11H2;. The van der Waals surface area contributed by atoms with Gasteiger partial charge in [0.15, 0.2) is 23.3 Å². The summed E-state index contributed by atoms with van der Waals surface area (Å²) >= 11 is 0. The summed E-state index contributed by atoms with van der Waals surface area (Å²) in [6, 6.07) is 26.8. The van der Waals surface area contributed by atoms with E-state index in [0.29, 0.717) is 176 Å². The van der Waals surface area contributed by atoms with Crippen molar-refractivity contribution in [2.24, 2.45) is 21.1 Å². The van der Waals surface area contributed by atoms with Gasteiger partial charge in [0, 0.05) is 225 Å². The first-order chi connectivity index (χ1) is 61.8. The third-order valence-corrected chi connectivity index (χ3v) is 28.1. The number of benzene rings is 4. The molecule has 129 heavy (non-hydrogen) atoms. The largest absolute Gasteiger partial charge is 0.399 e. The van der Waals surface area contributed by atoms with Crippen molar-refractivity contribution in [1.29, 1.82) is 0 Å². The first kappa shape index (κ1) is 91.8. The van der Waals surface area contributed by atoms with Crippen LogP contribution in [0.3, 0.4) is 0 Å². The second-order valence-electron chi connectivity index (χ2n) is 31.1. The summed E-state index contributed by atoms with van der Waals surface area (Å²) in [4.78, 5) is 80.6. The number of aryl methyl sites for hydroxylation is 3. The molecule has 46 heteroatoms. The molecule has 2 amide bonds. The van der Waals surface area contributed by atoms with Gasteiger partial charge in [0.05, 0.1) is 124 Å². The number of nitrogens with one attached hydrogen (secondary N) is 3. The number of amides is 2. The smallest absolute Gasteiger partial charge is 0.319 e. The number of non-ortho nitro benzene ring substituents is 2. The monoisotopic (exact) mass is 2000 g/mol. The van der Waals surface area contributed by atoms with E-state index in [2.05, 4.69) is 50.8 Å². The van der Waals surface area contributed by atoms with Gasteiger partial charge in [-0.2, -0.15) is 28.2 Å². The van der Waals surface area contributed by atoms with Crippen LogP contribution in [0, 0.1) is 20.2 Å². The zero-order chi connectivity index (χ0) is 89.4. The Hall–Kier alpha value is -11.9. The summed E-state index contributed by atoms with van der Waals surface area (Å²) in [5, 5.41) is 42.7. The van der Waals surface area contributed by atoms with E-state index in [-0.39, 0.29) is 71.8 Å². The zero-order valence-corrected chi connectivity index (χ0v) is 76.1. The molecule has 0 spiro atoms. The molecule has 681 valence electrons. The number of urea groups is 1. The van der Waals surface area contributed by atoms with Crippen molar-refractivity contribution >= 4 is 82.1 Å². The Labute approximate surface area is 757 Å². The van der Waals surface area contributed by atoms with Gasteiger partial charge in [-0.15, -0.1) is 0 Å². The van der Waals surface area contributed by atoms with E-state index in [9.17, 15) is 50.3 Å². The Kier molecular flexibility index (Phi) is 28.8. The third kappa shape index (κ3) is 21.0. The maximum absolute atomic E-state index is 13.3. The summed E-state index contributed by atoms with van der Waals surface area (Å²) in [5.74, 6) is 5.50. The van der Waals surface area contributed by atoms with Crippen LogP contribution < -0.4 is 41.3 Å². The molecule has 1 radical (unpaired) electrons. The molecule has 4 fully saturated rings. The molecule has 8 aliphatic heterocycles. The van der Waals surface area contributed by atoms with Crippen LogP contribution in [0.25, 0.3) is 45.6 Å². The Balaban J connectivity index is 0.000000133. The number of fused-ring (bicyclic) bond motifs is 4. The first-order valence-electron chi connectivity index (χ1n) is 41.9. The van der Waals surface area contributed by atoms with E-state index in [0.717, 1.165) is 114 Å². The number of aromatic nitrogens is 14. The average Bonchev–Trinajstić information content (AvgIpc) is 1.78. The molecule has 0 saturated carbocycles. The Morgan fingerprint density at radius 3 is 1.02 bits per heavy atom. The van der Waals surface area contributed by atoms with Crippen LogP contribution in [-0.2, 0) is 142 Å². The number of nitro benzene ring substituents is 2. The molecule has 0 atom stereocenters. The second-order valence-corrected chi connectivity index (χ2v) is 36.9. The van der Waals surface area contributed by atoms with Crippen molar-refractivity contribution in [1.82, 2.24) is 92.8 Å². The third-order valence-electron chi connectivity index (χ3n) is 22.7. The second kappa shape index (κ2) is 40.4. The summed E-state index contributed by atoms with van der Waals surface area (Å²) in [6.07, 6.45) is 11.0. The summed E-state index contributed by atoms with van der Waals surface area (Å²) in [7, 11) is -6.05. The molecule has 8 aliphatic rings. The van der Waals surface area contributed by atoms with E-state index >= 15 is 0 Å². The van der Waals surface area contributed by atoms with Crippen molar-refractivity contribution in [3.8, 4) is 45.6 Å². The number of rotatable bonds is 18. The van der Waals surface area contributed by atoms with Crippen LogP contribution in [-0.4, -0.2) is 261 Å². The number of nitrogen functional groups attached to an aromatic ring is 1. The van der Waals surface area contributed by atoms with Gasteiger partial charge in [0.25, 0.3) is 11.4 Å². The van der Waals surface area contributed by atoms with E-state index in [4.69, 9.17) is 64.6 Å². The fraction of sp³-hybridized carbons (Fsp3) is 0.398. The molecule has 4 saturated heterocycles. The first-order valence-corrected chi connectivity index (χ1v) is 46.2. The molecule has 19 rings (SSSR count). The van der Waals surface area contributed by atoms with Gasteiger partial charge >= 0.3 is 6.03 Å². The molecule has 15 heterocycles. The minimum absolute atomic E-state index is 0. The minimum Gasteiger partial charge on any atom is -0.399 e. The quantitative estimate of drug-likeness (QED) is 0.0465. The SMILES string of the molecule is CCNC(=O)Nc1ccc(-c2nc3c(c(N4CCOCC4)n2)CCN(S(=O)(=O)c2cnn(C)c2)C3)cc1.Cn1cc(S(=O)(=O)N2CCc3c(nc(-c4ccc(N)cc4)nc3N3CCOCC3)C2)cn1.Cn1cc(S(=O)(=O)N2CCc3c(nc(-c4ccc([N+](=O)[O-])cc4)nc3N3CCOCC3)C2)cn1.O=[N+]([O-])c1ccc(-c2nc3c(c(N4CCOCC4)n2)CCNC3)cc1.[Ir]. The van der Waals surface area contributed by atoms with Crippen molar-refractivity contribution in [2.75, 3.05) is 169 Å². The maximum Gasteiger partial charge on any atom is 0.319 e. The molecule has 0 aliphatic carbocycles. The molecular weight excluding hydrogens is 1900 g/mol. The molecule has 11 aromatic rings. The van der Waals surface area contributed by atoms with Crippen LogP contribution in [0.5, 0.6) is 0 Å². The number of morpholine rings is 4. The van der Waals surface area contributed by atoms with Gasteiger partial charge in [-0.05, 0) is 112 Å². The van der Waals surface area contributed by atoms with Crippen molar-refractivity contribution in [3.05, 3.63) is 200 Å². The number of carbonyl (C=O) groups is 1. The van der Waals surface area contributed by atoms with Crippen LogP contribution in [0.4, 0.5) is 50.8 Å². The fourth-order valence-corrected chi connectivity index (χ4v) is 20.1. The fourth-order valence-electron chi connectivity index (χ4n) is 16.0. The summed E-state index contributed by atoms with van der Waals surface area (Å²) in [5.41, 5.74) is 17.4. The maximum atomic E-state index is 13.3. The van der Waals surface area contributed by atoms with E-state index in [1.54, 1.807) is 57.5 Å². The topological polar surface area (TPSA) is 484 Å². The van der Waals surface area contributed by atoms with Crippen molar-refractivity contribution in [2.45, 2.75) is 73.5 Å². The molecule has 0 unspecified atom stereocenters. The summed E-state index contributed by atoms with van der Waals surface area (Å²) in [6.45, 7) is 16.4. The van der Waals surface area contributed by atoms with E-state index < -0.39 is 39.9 Å². The minimum atomic E-state index is -3.73. The molecular formula is C83H97IrN27O15S3. The number of ether oxygens (including phenoxy) is 4. The molecule has 7 aromatic heterocycles. The molecule has 42 nitrogen and oxygen atoms in total. The average molecular weight is 2000 g/mol. The molecule has 5 N–H and O–H groups in total. The van der Waals surface area contributed by atoms with Gasteiger partial charge in [0.1, 0.15) is 38.0 Å². The Morgan fingerprint density at radius 2 is 0.721 bits per heavy atom. The van der Waals surface area contributed by atoms with Crippen LogP contribution >= 0.6 is 0 Å². The number of nitrogens with zero attached hydrogens (tertiary/aromatic N) is 23. The van der Waals surface area contributed by atoms with Crippen molar-refractivity contribution in [3.63, 3.8) is 0 Å². The Morgan fingerprint density at radius 1 is 0.426 bits per heavy atom. The van der Waals surface area contributed by atoms with Gasteiger partial charge in [-0.25, -0.2) is 69.9 Å². The van der Waals surface area contributed by atoms with Gasteiger partial charge in [-0.3, -0.25) is 34.3 Å². The van der Waals surface area contributed by atoms with Crippen LogP contribution in [0.1, 0.15) is 52.0 Å². The zero-order valence-electron chi connectivity index (χ0n) is 71.3. The number of sulfonamides is 3. The normalized spacial score (nSPS) is 16.8. The van der Waals surface area contributed by atoms with Crippen LogP contribution in [0.15, 0.2) is 149 Å². The van der Waals surface area contributed by atoms with Crippen LogP contribution in [0.2, 0.25) is 0 Å². The molecule has 0 bridgehead atoms. The predicted molar refractivity (Wildman–Crippen MR) is 471 cm³/mol. The summed E-state index contributed by atoms with van der Waals surface area (Å²) < 4.78 is 110. The van der Waals surface area contributed by atoms with Crippen molar-refractivity contribution < 1.29 is 78.9 Å². The van der Waals surface area contributed by atoms with Gasteiger partial charge in [0.2, 0.25) is 30.1 Å². The number of hydrogen-bond donors (Lipinski definition) is 4. The number of nitrogens with two attached hydrogens (primary N) is 1. The molecule has 4 aromatic carbocycles. The Bertz CT molecular complexity index is 6240. The van der Waals surface area contributed by atoms with Gasteiger partial charge in [-0.1, -0.05) is 0 Å². The van der Waals surface area contributed by atoms with E-state index in [1.807, 2.05) is 43.3 Å².